The number of benzene rings is 1. The summed E-state index contributed by atoms with van der Waals surface area (Å²) >= 11 is 0. The smallest absolute Gasteiger partial charge is 0.227 e. The summed E-state index contributed by atoms with van der Waals surface area (Å²) in [4.78, 5) is 12.2. The zero-order chi connectivity index (χ0) is 15.3. The zero-order valence-corrected chi connectivity index (χ0v) is 12.0. The third-order valence-electron chi connectivity index (χ3n) is 3.69. The molecule has 2 atom stereocenters. The largest absolute Gasteiger partial charge is 0.396 e. The molecular weight excluding hydrogens is 264 g/mol. The van der Waals surface area contributed by atoms with Gasteiger partial charge in [-0.2, -0.15) is 0 Å². The van der Waals surface area contributed by atoms with E-state index in [1.54, 1.807) is 6.92 Å². The van der Waals surface area contributed by atoms with Gasteiger partial charge in [-0.15, -0.1) is 0 Å². The fourth-order valence-electron chi connectivity index (χ4n) is 2.04. The van der Waals surface area contributed by atoms with Crippen LogP contribution < -0.4 is 5.32 Å². The fraction of sp³-hybridized carbons (Fsp3) is 0.533. The Morgan fingerprint density at radius 3 is 2.40 bits per heavy atom. The van der Waals surface area contributed by atoms with Crippen LogP contribution in [0.1, 0.15) is 45.1 Å². The summed E-state index contributed by atoms with van der Waals surface area (Å²) in [6, 6.07) is 3.53. The van der Waals surface area contributed by atoms with Gasteiger partial charge in [0.1, 0.15) is 11.6 Å². The van der Waals surface area contributed by atoms with Crippen molar-refractivity contribution in [3.63, 3.8) is 0 Å². The van der Waals surface area contributed by atoms with Gasteiger partial charge in [-0.25, -0.2) is 8.78 Å². The predicted molar refractivity (Wildman–Crippen MR) is 73.3 cm³/mol. The molecule has 2 unspecified atom stereocenters. The molecule has 0 aliphatic heterocycles. The van der Waals surface area contributed by atoms with Gasteiger partial charge in [-0.1, -0.05) is 13.0 Å². The van der Waals surface area contributed by atoms with Crippen molar-refractivity contribution in [3.8, 4) is 0 Å². The van der Waals surface area contributed by atoms with Gasteiger partial charge in [0.2, 0.25) is 5.91 Å². The standard InChI is InChI=1S/C15H21F2NO2/c1-4-15(3,8-9-19)18-14(20)10(2)13-11(16)6-5-7-12(13)17/h5-7,10,19H,4,8-9H2,1-3H3,(H,18,20). The molecule has 1 aromatic rings. The van der Waals surface area contributed by atoms with Crippen LogP contribution in [0.25, 0.3) is 0 Å². The Bertz CT molecular complexity index is 459. The van der Waals surface area contributed by atoms with Gasteiger partial charge in [0, 0.05) is 17.7 Å². The number of hydrogen-bond acceptors (Lipinski definition) is 2. The van der Waals surface area contributed by atoms with E-state index in [1.807, 2.05) is 6.92 Å². The molecule has 20 heavy (non-hydrogen) atoms. The Morgan fingerprint density at radius 1 is 1.40 bits per heavy atom. The van der Waals surface area contributed by atoms with E-state index in [4.69, 9.17) is 5.11 Å². The minimum Gasteiger partial charge on any atom is -0.396 e. The molecule has 0 saturated carbocycles. The number of amides is 1. The third kappa shape index (κ3) is 3.76. The second-order valence-electron chi connectivity index (χ2n) is 5.23. The molecule has 0 aromatic heterocycles. The number of hydrogen-bond donors (Lipinski definition) is 2. The first-order valence-corrected chi connectivity index (χ1v) is 6.71. The molecule has 0 radical (unpaired) electrons. The average molecular weight is 285 g/mol. The first-order chi connectivity index (χ1) is 9.34. The molecule has 0 aliphatic rings. The van der Waals surface area contributed by atoms with Crippen LogP contribution in [0.3, 0.4) is 0 Å². The fourth-order valence-corrected chi connectivity index (χ4v) is 2.04. The van der Waals surface area contributed by atoms with Crippen LogP contribution in [0, 0.1) is 11.6 Å². The summed E-state index contributed by atoms with van der Waals surface area (Å²) in [6.07, 6.45) is 1.01. The second kappa shape index (κ2) is 6.79. The van der Waals surface area contributed by atoms with Gasteiger partial charge in [0.05, 0.1) is 5.92 Å². The molecule has 1 rings (SSSR count). The lowest BCUT2D eigenvalue weighted by Gasteiger charge is -2.30. The van der Waals surface area contributed by atoms with Crippen LogP contribution in [-0.2, 0) is 4.79 Å². The quantitative estimate of drug-likeness (QED) is 0.844. The van der Waals surface area contributed by atoms with Crippen LogP contribution in [0.15, 0.2) is 18.2 Å². The molecule has 3 nitrogen and oxygen atoms in total. The highest BCUT2D eigenvalue weighted by atomic mass is 19.1. The van der Waals surface area contributed by atoms with Crippen molar-refractivity contribution < 1.29 is 18.7 Å². The SMILES string of the molecule is CCC(C)(CCO)NC(=O)C(C)c1c(F)cccc1F. The Kier molecular flexibility index (Phi) is 5.62. The van der Waals surface area contributed by atoms with E-state index in [2.05, 4.69) is 5.32 Å². The van der Waals surface area contributed by atoms with Crippen molar-refractivity contribution >= 4 is 5.91 Å². The Hall–Kier alpha value is -1.49. The molecule has 1 aromatic carbocycles. The summed E-state index contributed by atoms with van der Waals surface area (Å²) in [5, 5.41) is 11.8. The minimum absolute atomic E-state index is 0.0624. The molecule has 0 heterocycles. The maximum Gasteiger partial charge on any atom is 0.227 e. The molecule has 2 N–H and O–H groups in total. The average Bonchev–Trinajstić information content (AvgIpc) is 2.38. The number of halogens is 2. The van der Waals surface area contributed by atoms with Gasteiger partial charge < -0.3 is 10.4 Å². The van der Waals surface area contributed by atoms with E-state index < -0.39 is 29.0 Å². The second-order valence-corrected chi connectivity index (χ2v) is 5.23. The lowest BCUT2D eigenvalue weighted by molar-refractivity contribution is -0.124. The van der Waals surface area contributed by atoms with E-state index >= 15 is 0 Å². The Morgan fingerprint density at radius 2 is 1.95 bits per heavy atom. The Labute approximate surface area is 118 Å². The van der Waals surface area contributed by atoms with Crippen molar-refractivity contribution in [2.75, 3.05) is 6.61 Å². The molecule has 0 spiro atoms. The number of carbonyl (C=O) groups is 1. The lowest BCUT2D eigenvalue weighted by Crippen LogP contribution is -2.47. The van der Waals surface area contributed by atoms with Gasteiger partial charge in [0.15, 0.2) is 0 Å². The van der Waals surface area contributed by atoms with Crippen LogP contribution in [0.4, 0.5) is 8.78 Å². The van der Waals surface area contributed by atoms with Gasteiger partial charge >= 0.3 is 0 Å². The topological polar surface area (TPSA) is 49.3 Å². The molecule has 0 aliphatic carbocycles. The summed E-state index contributed by atoms with van der Waals surface area (Å²) in [6.45, 7) is 5.08. The van der Waals surface area contributed by atoms with Gasteiger partial charge in [-0.3, -0.25) is 4.79 Å². The molecule has 5 heteroatoms. The monoisotopic (exact) mass is 285 g/mol. The van der Waals surface area contributed by atoms with E-state index in [-0.39, 0.29) is 12.2 Å². The number of aliphatic hydroxyl groups is 1. The molecule has 112 valence electrons. The first-order valence-electron chi connectivity index (χ1n) is 6.71. The number of aliphatic hydroxyl groups excluding tert-OH is 1. The highest BCUT2D eigenvalue weighted by Gasteiger charge is 2.29. The number of rotatable bonds is 6. The van der Waals surface area contributed by atoms with Crippen LogP contribution in [0.2, 0.25) is 0 Å². The molecule has 1 amide bonds. The van der Waals surface area contributed by atoms with Crippen LogP contribution in [0.5, 0.6) is 0 Å². The third-order valence-corrected chi connectivity index (χ3v) is 3.69. The zero-order valence-electron chi connectivity index (χ0n) is 12.0. The molecular formula is C15H21F2NO2. The van der Waals surface area contributed by atoms with Gasteiger partial charge in [0.25, 0.3) is 0 Å². The van der Waals surface area contributed by atoms with Crippen molar-refractivity contribution in [1.29, 1.82) is 0 Å². The summed E-state index contributed by atoms with van der Waals surface area (Å²) < 4.78 is 27.3. The Balaban J connectivity index is 2.92. The highest BCUT2D eigenvalue weighted by Crippen LogP contribution is 2.24. The summed E-state index contributed by atoms with van der Waals surface area (Å²) in [7, 11) is 0. The minimum atomic E-state index is -0.930. The summed E-state index contributed by atoms with van der Waals surface area (Å²) in [5.41, 5.74) is -0.811. The van der Waals surface area contributed by atoms with Gasteiger partial charge in [-0.05, 0) is 38.8 Å². The van der Waals surface area contributed by atoms with E-state index in [1.165, 1.54) is 13.0 Å². The van der Waals surface area contributed by atoms with Crippen molar-refractivity contribution in [1.82, 2.24) is 5.32 Å². The number of carbonyl (C=O) groups excluding carboxylic acids is 1. The lowest BCUT2D eigenvalue weighted by atomic mass is 9.92. The van der Waals surface area contributed by atoms with E-state index in [0.29, 0.717) is 12.8 Å². The normalized spacial score (nSPS) is 15.5. The molecule has 0 saturated heterocycles. The van der Waals surface area contributed by atoms with Crippen molar-refractivity contribution in [2.24, 2.45) is 0 Å². The molecule has 0 bridgehead atoms. The number of nitrogens with one attached hydrogen (secondary N) is 1. The van der Waals surface area contributed by atoms with Crippen molar-refractivity contribution in [3.05, 3.63) is 35.4 Å². The molecule has 0 fully saturated rings. The van der Waals surface area contributed by atoms with E-state index in [9.17, 15) is 13.6 Å². The maximum absolute atomic E-state index is 13.7. The maximum atomic E-state index is 13.7. The summed E-state index contributed by atoms with van der Waals surface area (Å²) in [5.74, 6) is -2.84. The van der Waals surface area contributed by atoms with Crippen LogP contribution >= 0.6 is 0 Å². The first kappa shape index (κ1) is 16.6. The predicted octanol–water partition coefficient (Wildman–Crippen LogP) is 2.74. The van der Waals surface area contributed by atoms with Crippen molar-refractivity contribution in [2.45, 2.75) is 45.1 Å². The van der Waals surface area contributed by atoms with Crippen LogP contribution in [-0.4, -0.2) is 23.2 Å². The highest BCUT2D eigenvalue weighted by molar-refractivity contribution is 5.84. The van der Waals surface area contributed by atoms with E-state index in [0.717, 1.165) is 12.1 Å².